The number of hydrogen-bond acceptors (Lipinski definition) is 13. The standard InChI is InChI=1S/C24H45N5O9/c1-12-11-35-24(19(32)18(12)27-2)38-22-15(29-23(34)16(31)9-25)8-14(26)21(20(22)33)37-17-5-3-4-13(36-17)10-28-6-7-30/h4,12,14-22,24,27-28,30-33H,3,5-11,25-26H2,1-2H3,(H,29,34)/t12-,14+,15-,16-,17-,18+,19-,20+,21-,22+,24-/m1/s1. The Morgan fingerprint density at radius 2 is 2.03 bits per heavy atom. The Balaban J connectivity index is 1.73. The van der Waals surface area contributed by atoms with E-state index in [1.54, 1.807) is 7.05 Å². The molecule has 220 valence electrons. The minimum Gasteiger partial charge on any atom is -0.468 e. The average molecular weight is 548 g/mol. The van der Waals surface area contributed by atoms with Crippen LogP contribution in [0, 0.1) is 5.92 Å². The minimum atomic E-state index is -1.44. The number of aliphatic hydroxyl groups excluding tert-OH is 4. The summed E-state index contributed by atoms with van der Waals surface area (Å²) in [6.45, 7) is 2.82. The second kappa shape index (κ2) is 14.8. The van der Waals surface area contributed by atoms with Gasteiger partial charge in [-0.25, -0.2) is 0 Å². The first kappa shape index (κ1) is 31.1. The summed E-state index contributed by atoms with van der Waals surface area (Å²) in [5.74, 6) is -0.0471. The molecule has 0 radical (unpaired) electrons. The van der Waals surface area contributed by atoms with Crippen LogP contribution < -0.4 is 27.4 Å². The summed E-state index contributed by atoms with van der Waals surface area (Å²) in [5.41, 5.74) is 11.8. The lowest BCUT2D eigenvalue weighted by Gasteiger charge is -2.47. The summed E-state index contributed by atoms with van der Waals surface area (Å²) in [5, 5.41) is 49.9. The molecule has 1 aliphatic carbocycles. The van der Waals surface area contributed by atoms with Crippen molar-refractivity contribution >= 4 is 5.91 Å². The molecule has 0 bridgehead atoms. The number of aliphatic hydroxyl groups is 4. The molecular formula is C24H45N5O9. The maximum atomic E-state index is 12.5. The maximum Gasteiger partial charge on any atom is 0.250 e. The fraction of sp³-hybridized carbons (Fsp3) is 0.875. The highest BCUT2D eigenvalue weighted by molar-refractivity contribution is 5.81. The van der Waals surface area contributed by atoms with Crippen LogP contribution in [0.15, 0.2) is 11.8 Å². The van der Waals surface area contributed by atoms with Crippen molar-refractivity contribution in [3.05, 3.63) is 11.8 Å². The molecule has 0 spiro atoms. The van der Waals surface area contributed by atoms with Crippen LogP contribution in [0.2, 0.25) is 0 Å². The van der Waals surface area contributed by atoms with E-state index in [1.807, 2.05) is 13.0 Å². The summed E-state index contributed by atoms with van der Waals surface area (Å²) < 4.78 is 23.9. The van der Waals surface area contributed by atoms with Gasteiger partial charge in [-0.05, 0) is 31.9 Å². The van der Waals surface area contributed by atoms with Crippen LogP contribution in [0.3, 0.4) is 0 Å². The van der Waals surface area contributed by atoms with Gasteiger partial charge in [-0.1, -0.05) is 6.92 Å². The van der Waals surface area contributed by atoms with Gasteiger partial charge in [-0.3, -0.25) is 4.79 Å². The molecule has 38 heavy (non-hydrogen) atoms. The molecule has 1 saturated carbocycles. The third kappa shape index (κ3) is 7.82. The Hall–Kier alpha value is -1.43. The SMILES string of the molecule is CN[C@@H]1[C@@H](O)[C@@H](O[C@@H]2[C@@H](O)[C@H](O[C@@H]3CCC=C(CNCCO)O3)[C@@H](N)C[C@H]2NC(=O)[C@H](O)CN)OC[C@H]1C. The van der Waals surface area contributed by atoms with Crippen LogP contribution in [0.1, 0.15) is 26.2 Å². The molecule has 2 heterocycles. The molecule has 1 saturated heterocycles. The number of allylic oxidation sites excluding steroid dienone is 1. The highest BCUT2D eigenvalue weighted by atomic mass is 16.7. The molecule has 1 amide bonds. The van der Waals surface area contributed by atoms with E-state index in [1.165, 1.54) is 0 Å². The third-order valence-electron chi connectivity index (χ3n) is 7.23. The topological polar surface area (TPSA) is 223 Å². The van der Waals surface area contributed by atoms with Crippen molar-refractivity contribution in [3.8, 4) is 0 Å². The summed E-state index contributed by atoms with van der Waals surface area (Å²) >= 11 is 0. The van der Waals surface area contributed by atoms with Gasteiger partial charge in [0.05, 0.1) is 25.8 Å². The van der Waals surface area contributed by atoms with E-state index in [9.17, 15) is 20.1 Å². The van der Waals surface area contributed by atoms with E-state index >= 15 is 0 Å². The highest BCUT2D eigenvalue weighted by Crippen LogP contribution is 2.31. The molecule has 11 N–H and O–H groups in total. The summed E-state index contributed by atoms with van der Waals surface area (Å²) in [6.07, 6.45) is -4.25. The number of rotatable bonds is 12. The van der Waals surface area contributed by atoms with E-state index in [-0.39, 0.29) is 31.5 Å². The number of amides is 1. The van der Waals surface area contributed by atoms with Crippen LogP contribution in [0.25, 0.3) is 0 Å². The van der Waals surface area contributed by atoms with Gasteiger partial charge < -0.3 is 66.8 Å². The van der Waals surface area contributed by atoms with Gasteiger partial charge in [0.1, 0.15) is 36.3 Å². The van der Waals surface area contributed by atoms with Crippen molar-refractivity contribution in [2.75, 3.05) is 39.9 Å². The second-order valence-electron chi connectivity index (χ2n) is 10.1. The van der Waals surface area contributed by atoms with Gasteiger partial charge in [0.15, 0.2) is 12.6 Å². The smallest absolute Gasteiger partial charge is 0.250 e. The lowest BCUT2D eigenvalue weighted by molar-refractivity contribution is -0.286. The molecule has 14 heteroatoms. The third-order valence-corrected chi connectivity index (χ3v) is 7.23. The molecule has 14 nitrogen and oxygen atoms in total. The van der Waals surface area contributed by atoms with Crippen molar-refractivity contribution in [2.24, 2.45) is 17.4 Å². The van der Waals surface area contributed by atoms with Gasteiger partial charge >= 0.3 is 0 Å². The number of nitrogens with one attached hydrogen (secondary N) is 3. The van der Waals surface area contributed by atoms with Crippen LogP contribution in [0.5, 0.6) is 0 Å². The first-order valence-corrected chi connectivity index (χ1v) is 13.3. The Labute approximate surface area is 223 Å². The van der Waals surface area contributed by atoms with E-state index in [0.717, 1.165) is 0 Å². The van der Waals surface area contributed by atoms with Crippen molar-refractivity contribution in [2.45, 2.75) is 87.4 Å². The first-order valence-electron chi connectivity index (χ1n) is 13.3. The zero-order chi connectivity index (χ0) is 27.8. The lowest BCUT2D eigenvalue weighted by Crippen LogP contribution is -2.67. The molecule has 11 atom stereocenters. The number of nitrogens with two attached hydrogens (primary N) is 2. The zero-order valence-electron chi connectivity index (χ0n) is 22.1. The fourth-order valence-corrected chi connectivity index (χ4v) is 5.14. The van der Waals surface area contributed by atoms with E-state index in [2.05, 4.69) is 16.0 Å². The number of carbonyl (C=O) groups excluding carboxylic acids is 1. The maximum absolute atomic E-state index is 12.5. The molecule has 2 fully saturated rings. The van der Waals surface area contributed by atoms with Crippen molar-refractivity contribution in [3.63, 3.8) is 0 Å². The molecule has 0 aromatic heterocycles. The Kier molecular flexibility index (Phi) is 12.1. The molecule has 2 aliphatic heterocycles. The second-order valence-corrected chi connectivity index (χ2v) is 10.1. The van der Waals surface area contributed by atoms with Gasteiger partial charge in [0.2, 0.25) is 5.91 Å². The first-order chi connectivity index (χ1) is 18.2. The molecular weight excluding hydrogens is 502 g/mol. The number of ether oxygens (including phenoxy) is 4. The average Bonchev–Trinajstić information content (AvgIpc) is 2.90. The summed E-state index contributed by atoms with van der Waals surface area (Å²) in [7, 11) is 1.73. The number of carbonyl (C=O) groups is 1. The zero-order valence-corrected chi connectivity index (χ0v) is 22.1. The number of hydrogen-bond donors (Lipinski definition) is 9. The molecule has 3 rings (SSSR count). The normalized spacial score (nSPS) is 38.7. The van der Waals surface area contributed by atoms with Gasteiger partial charge in [-0.2, -0.15) is 0 Å². The van der Waals surface area contributed by atoms with Crippen LogP contribution >= 0.6 is 0 Å². The largest absolute Gasteiger partial charge is 0.468 e. The van der Waals surface area contributed by atoms with E-state index in [0.29, 0.717) is 38.3 Å². The minimum absolute atomic E-state index is 0.00507. The van der Waals surface area contributed by atoms with Crippen LogP contribution in [-0.4, -0.2) is 127 Å². The Morgan fingerprint density at radius 1 is 1.26 bits per heavy atom. The fourth-order valence-electron chi connectivity index (χ4n) is 5.14. The van der Waals surface area contributed by atoms with Gasteiger partial charge in [0.25, 0.3) is 0 Å². The van der Waals surface area contributed by atoms with Gasteiger partial charge in [-0.15, -0.1) is 0 Å². The quantitative estimate of drug-likeness (QED) is 0.107. The van der Waals surface area contributed by atoms with Crippen LogP contribution in [0.4, 0.5) is 0 Å². The molecule has 3 aliphatic rings. The molecule has 0 aromatic rings. The van der Waals surface area contributed by atoms with Crippen molar-refractivity contribution in [1.29, 1.82) is 0 Å². The molecule has 0 unspecified atom stereocenters. The molecule has 0 aromatic carbocycles. The Bertz CT molecular complexity index is 778. The van der Waals surface area contributed by atoms with Gasteiger partial charge in [0, 0.05) is 31.6 Å². The highest BCUT2D eigenvalue weighted by Gasteiger charge is 2.49. The van der Waals surface area contributed by atoms with Crippen molar-refractivity contribution in [1.82, 2.24) is 16.0 Å². The monoisotopic (exact) mass is 547 g/mol. The summed E-state index contributed by atoms with van der Waals surface area (Å²) in [6, 6.07) is -1.84. The van der Waals surface area contributed by atoms with Crippen LogP contribution in [-0.2, 0) is 23.7 Å². The summed E-state index contributed by atoms with van der Waals surface area (Å²) in [4.78, 5) is 12.5. The predicted octanol–water partition coefficient (Wildman–Crippen LogP) is -3.80. The number of likely N-dealkylation sites (N-methyl/N-ethyl adjacent to an activating group) is 1. The van der Waals surface area contributed by atoms with E-state index in [4.69, 9.17) is 35.5 Å². The van der Waals surface area contributed by atoms with Crippen molar-refractivity contribution < 1.29 is 44.2 Å². The Morgan fingerprint density at radius 3 is 2.71 bits per heavy atom. The van der Waals surface area contributed by atoms with E-state index < -0.39 is 61.1 Å². The predicted molar refractivity (Wildman–Crippen MR) is 135 cm³/mol. The lowest BCUT2D eigenvalue weighted by atomic mass is 9.83.